The van der Waals surface area contributed by atoms with Crippen LogP contribution in [0.4, 0.5) is 0 Å². The van der Waals surface area contributed by atoms with Crippen LogP contribution in [0.25, 0.3) is 5.65 Å². The Morgan fingerprint density at radius 2 is 2.40 bits per heavy atom. The lowest BCUT2D eigenvalue weighted by Gasteiger charge is -2.03. The van der Waals surface area contributed by atoms with E-state index in [2.05, 4.69) is 25.9 Å². The fourth-order valence-electron chi connectivity index (χ4n) is 1.37. The zero-order valence-corrected chi connectivity index (χ0v) is 9.55. The van der Waals surface area contributed by atoms with E-state index < -0.39 is 6.10 Å². The summed E-state index contributed by atoms with van der Waals surface area (Å²) in [4.78, 5) is 8.30. The number of hydrogen-bond donors (Lipinski definition) is 2. The van der Waals surface area contributed by atoms with Gasteiger partial charge in [0, 0.05) is 12.4 Å². The third-order valence-electron chi connectivity index (χ3n) is 2.13. The van der Waals surface area contributed by atoms with Crippen molar-refractivity contribution in [3.63, 3.8) is 0 Å². The lowest BCUT2D eigenvalue weighted by Crippen LogP contribution is -2.06. The van der Waals surface area contributed by atoms with Gasteiger partial charge in [-0.15, -0.1) is 0 Å². The highest BCUT2D eigenvalue weighted by Crippen LogP contribution is 2.20. The number of rotatable bonds is 3. The summed E-state index contributed by atoms with van der Waals surface area (Å²) >= 11 is 3.35. The summed E-state index contributed by atoms with van der Waals surface area (Å²) in [6.45, 7) is 0.439. The SMILES string of the molecule is NCCC(O)c1cn2cncc(Br)c2n1. The van der Waals surface area contributed by atoms with Gasteiger partial charge in [0.25, 0.3) is 0 Å². The van der Waals surface area contributed by atoms with E-state index in [0.29, 0.717) is 18.7 Å². The summed E-state index contributed by atoms with van der Waals surface area (Å²) in [5, 5.41) is 9.72. The van der Waals surface area contributed by atoms with Gasteiger partial charge in [-0.2, -0.15) is 0 Å². The van der Waals surface area contributed by atoms with E-state index in [9.17, 15) is 5.11 Å². The first-order chi connectivity index (χ1) is 7.22. The minimum atomic E-state index is -0.609. The number of aliphatic hydroxyl groups is 1. The van der Waals surface area contributed by atoms with Crippen molar-refractivity contribution >= 4 is 21.6 Å². The molecule has 15 heavy (non-hydrogen) atoms. The normalized spacial score (nSPS) is 13.3. The molecule has 0 saturated carbocycles. The predicted octanol–water partition coefficient (Wildman–Crippen LogP) is 0.874. The first-order valence-corrected chi connectivity index (χ1v) is 5.38. The van der Waals surface area contributed by atoms with Gasteiger partial charge in [-0.05, 0) is 28.9 Å². The van der Waals surface area contributed by atoms with Crippen molar-refractivity contribution in [1.82, 2.24) is 14.4 Å². The number of imidazole rings is 1. The third-order valence-corrected chi connectivity index (χ3v) is 2.68. The molecule has 0 radical (unpaired) electrons. The van der Waals surface area contributed by atoms with Crippen molar-refractivity contribution < 1.29 is 5.11 Å². The standard InChI is InChI=1S/C9H11BrN4O/c10-6-3-12-5-14-4-7(13-9(6)14)8(15)1-2-11/h3-5,8,15H,1-2,11H2. The smallest absolute Gasteiger partial charge is 0.154 e. The Morgan fingerprint density at radius 1 is 1.60 bits per heavy atom. The van der Waals surface area contributed by atoms with Crippen LogP contribution >= 0.6 is 15.9 Å². The van der Waals surface area contributed by atoms with E-state index in [1.165, 1.54) is 0 Å². The van der Waals surface area contributed by atoms with Crippen LogP contribution in [-0.2, 0) is 0 Å². The third kappa shape index (κ3) is 2.01. The van der Waals surface area contributed by atoms with Gasteiger partial charge >= 0.3 is 0 Å². The second kappa shape index (κ2) is 4.26. The Morgan fingerprint density at radius 3 is 3.07 bits per heavy atom. The quantitative estimate of drug-likeness (QED) is 0.868. The molecular formula is C9H11BrN4O. The molecule has 1 unspecified atom stereocenters. The monoisotopic (exact) mass is 270 g/mol. The Kier molecular flexibility index (Phi) is 2.99. The summed E-state index contributed by atoms with van der Waals surface area (Å²) in [6.07, 6.45) is 4.97. The maximum absolute atomic E-state index is 9.72. The van der Waals surface area contributed by atoms with Gasteiger partial charge in [-0.1, -0.05) is 0 Å². The molecule has 0 amide bonds. The predicted molar refractivity (Wildman–Crippen MR) is 59.3 cm³/mol. The number of hydrogen-bond acceptors (Lipinski definition) is 4. The van der Waals surface area contributed by atoms with Crippen molar-refractivity contribution in [1.29, 1.82) is 0 Å². The molecule has 2 aromatic rings. The molecule has 2 heterocycles. The molecule has 1 atom stereocenters. The summed E-state index contributed by atoms with van der Waals surface area (Å²) < 4.78 is 2.57. The van der Waals surface area contributed by atoms with E-state index in [4.69, 9.17) is 5.73 Å². The fourth-order valence-corrected chi connectivity index (χ4v) is 1.78. The lowest BCUT2D eigenvalue weighted by atomic mass is 10.2. The van der Waals surface area contributed by atoms with Gasteiger partial charge in [-0.3, -0.25) is 4.40 Å². The van der Waals surface area contributed by atoms with Crippen LogP contribution in [0.2, 0.25) is 0 Å². The van der Waals surface area contributed by atoms with Crippen molar-refractivity contribution in [2.45, 2.75) is 12.5 Å². The largest absolute Gasteiger partial charge is 0.387 e. The van der Waals surface area contributed by atoms with Crippen LogP contribution in [0.15, 0.2) is 23.2 Å². The molecule has 0 aliphatic heterocycles. The number of nitrogens with two attached hydrogens (primary N) is 1. The van der Waals surface area contributed by atoms with Crippen LogP contribution in [0.5, 0.6) is 0 Å². The van der Waals surface area contributed by atoms with Crippen LogP contribution in [-0.4, -0.2) is 26.0 Å². The van der Waals surface area contributed by atoms with Crippen molar-refractivity contribution in [2.24, 2.45) is 5.73 Å². The molecule has 0 aromatic carbocycles. The fraction of sp³-hybridized carbons (Fsp3) is 0.333. The molecule has 3 N–H and O–H groups in total. The van der Waals surface area contributed by atoms with Gasteiger partial charge in [0.15, 0.2) is 5.65 Å². The zero-order valence-electron chi connectivity index (χ0n) is 7.97. The highest BCUT2D eigenvalue weighted by molar-refractivity contribution is 9.10. The molecule has 0 aliphatic carbocycles. The number of aliphatic hydroxyl groups excluding tert-OH is 1. The Bertz CT molecular complexity index is 470. The molecule has 2 rings (SSSR count). The van der Waals surface area contributed by atoms with Crippen molar-refractivity contribution in [3.8, 4) is 0 Å². The molecule has 0 spiro atoms. The molecule has 5 nitrogen and oxygen atoms in total. The molecular weight excluding hydrogens is 260 g/mol. The Balaban J connectivity index is 2.43. The van der Waals surface area contributed by atoms with Gasteiger partial charge in [0.1, 0.15) is 6.33 Å². The van der Waals surface area contributed by atoms with E-state index in [-0.39, 0.29) is 0 Å². The Hall–Kier alpha value is -0.980. The lowest BCUT2D eigenvalue weighted by molar-refractivity contribution is 0.166. The van der Waals surface area contributed by atoms with E-state index >= 15 is 0 Å². The summed E-state index contributed by atoms with van der Waals surface area (Å²) in [5.41, 5.74) is 6.74. The first kappa shape index (κ1) is 10.5. The maximum atomic E-state index is 9.72. The Labute approximate surface area is 95.1 Å². The molecule has 80 valence electrons. The highest BCUT2D eigenvalue weighted by Gasteiger charge is 2.12. The van der Waals surface area contributed by atoms with E-state index in [1.807, 2.05) is 0 Å². The highest BCUT2D eigenvalue weighted by atomic mass is 79.9. The van der Waals surface area contributed by atoms with Crippen LogP contribution in [0.1, 0.15) is 18.2 Å². The summed E-state index contributed by atoms with van der Waals surface area (Å²) in [6, 6.07) is 0. The minimum Gasteiger partial charge on any atom is -0.387 e. The molecule has 0 bridgehead atoms. The molecule has 6 heteroatoms. The average molecular weight is 271 g/mol. The maximum Gasteiger partial charge on any atom is 0.154 e. The van der Waals surface area contributed by atoms with E-state index in [1.54, 1.807) is 23.1 Å². The molecule has 0 aliphatic rings. The summed E-state index contributed by atoms with van der Waals surface area (Å²) in [7, 11) is 0. The number of nitrogens with zero attached hydrogens (tertiary/aromatic N) is 3. The van der Waals surface area contributed by atoms with Gasteiger partial charge in [0.05, 0.1) is 16.3 Å². The van der Waals surface area contributed by atoms with Crippen molar-refractivity contribution in [3.05, 3.63) is 28.9 Å². The van der Waals surface area contributed by atoms with Gasteiger partial charge < -0.3 is 10.8 Å². The summed E-state index contributed by atoms with van der Waals surface area (Å²) in [5.74, 6) is 0. The van der Waals surface area contributed by atoms with E-state index in [0.717, 1.165) is 10.1 Å². The molecule has 0 saturated heterocycles. The van der Waals surface area contributed by atoms with Crippen LogP contribution in [0, 0.1) is 0 Å². The minimum absolute atomic E-state index is 0.439. The second-order valence-electron chi connectivity index (χ2n) is 3.23. The topological polar surface area (TPSA) is 76.4 Å². The first-order valence-electron chi connectivity index (χ1n) is 4.58. The number of fused-ring (bicyclic) bond motifs is 1. The van der Waals surface area contributed by atoms with Crippen LogP contribution < -0.4 is 5.73 Å². The average Bonchev–Trinajstić information content (AvgIpc) is 2.63. The zero-order chi connectivity index (χ0) is 10.8. The van der Waals surface area contributed by atoms with Crippen LogP contribution in [0.3, 0.4) is 0 Å². The van der Waals surface area contributed by atoms with Gasteiger partial charge in [0.2, 0.25) is 0 Å². The molecule has 2 aromatic heterocycles. The van der Waals surface area contributed by atoms with Gasteiger partial charge in [-0.25, -0.2) is 9.97 Å². The van der Waals surface area contributed by atoms with Crippen molar-refractivity contribution in [2.75, 3.05) is 6.54 Å². The number of aromatic nitrogens is 3. The second-order valence-corrected chi connectivity index (χ2v) is 4.09. The molecule has 0 fully saturated rings. The number of halogens is 1.